The van der Waals surface area contributed by atoms with Gasteiger partial charge in [0.05, 0.1) is 26.1 Å². The monoisotopic (exact) mass is 585 g/mol. The highest BCUT2D eigenvalue weighted by Gasteiger charge is 2.26. The molecule has 0 saturated carbocycles. The van der Waals surface area contributed by atoms with Crippen LogP contribution in [0, 0.1) is 0 Å². The summed E-state index contributed by atoms with van der Waals surface area (Å²) >= 11 is 4.47. The van der Waals surface area contributed by atoms with Gasteiger partial charge in [0.15, 0.2) is 16.3 Å². The molecule has 11 nitrogen and oxygen atoms in total. The molecule has 0 aliphatic heterocycles. The van der Waals surface area contributed by atoms with Crippen molar-refractivity contribution < 1.29 is 23.1 Å². The molecule has 0 aliphatic carbocycles. The van der Waals surface area contributed by atoms with E-state index in [0.29, 0.717) is 11.4 Å². The number of anilines is 1. The number of halogens is 1. The number of imidazole rings is 1. The third-order valence-electron chi connectivity index (χ3n) is 4.48. The maximum atomic E-state index is 13.3. The van der Waals surface area contributed by atoms with E-state index in [9.17, 15) is 14.2 Å². The molecule has 188 valence electrons. The lowest BCUT2D eigenvalue weighted by atomic mass is 10.2. The Kier molecular flexibility index (Phi) is 10.3. The number of thioether (sulfide) groups is 1. The number of hydrogen-bond donors (Lipinski definition) is 2. The van der Waals surface area contributed by atoms with Gasteiger partial charge in [0.25, 0.3) is 5.56 Å². The number of nitrogens with two attached hydrogens (primary N) is 1. The molecule has 14 heteroatoms. The molecule has 0 radical (unpaired) electrons. The zero-order valence-electron chi connectivity index (χ0n) is 18.7. The number of nitrogen functional groups attached to an aromatic ring is 1. The minimum absolute atomic E-state index is 0.0199. The first kappa shape index (κ1) is 27.3. The van der Waals surface area contributed by atoms with E-state index in [1.807, 2.05) is 24.3 Å². The number of fused-ring (bicyclic) bond motifs is 1. The number of benzene rings is 1. The number of carbonyl (C=O) groups is 1. The molecule has 0 spiro atoms. The Hall–Kier alpha value is -2.28. The maximum absolute atomic E-state index is 13.3. The highest BCUT2D eigenvalue weighted by atomic mass is 79.9. The lowest BCUT2D eigenvalue weighted by Gasteiger charge is -2.19. The van der Waals surface area contributed by atoms with Crippen LogP contribution in [0.4, 0.5) is 5.95 Å². The van der Waals surface area contributed by atoms with E-state index in [-0.39, 0.29) is 55.7 Å². The Morgan fingerprint density at radius 3 is 2.94 bits per heavy atom. The van der Waals surface area contributed by atoms with Crippen LogP contribution in [0.2, 0.25) is 0 Å². The van der Waals surface area contributed by atoms with Crippen molar-refractivity contribution in [1.29, 1.82) is 0 Å². The van der Waals surface area contributed by atoms with Crippen molar-refractivity contribution in [3.8, 4) is 0 Å². The van der Waals surface area contributed by atoms with Gasteiger partial charge in [-0.3, -0.25) is 19.1 Å². The molecule has 1 atom stereocenters. The van der Waals surface area contributed by atoms with Gasteiger partial charge in [0.1, 0.15) is 6.35 Å². The average molecular weight is 586 g/mol. The summed E-state index contributed by atoms with van der Waals surface area (Å²) in [6, 6.07) is 7.40. The summed E-state index contributed by atoms with van der Waals surface area (Å²) in [5, 5.41) is -0.0506. The van der Waals surface area contributed by atoms with Crippen LogP contribution in [-0.2, 0) is 36.3 Å². The van der Waals surface area contributed by atoms with E-state index in [4.69, 9.17) is 19.5 Å². The van der Waals surface area contributed by atoms with E-state index in [1.165, 1.54) is 12.4 Å². The fourth-order valence-corrected chi connectivity index (χ4v) is 5.39. The van der Waals surface area contributed by atoms with E-state index in [1.54, 1.807) is 4.57 Å². The van der Waals surface area contributed by atoms with Gasteiger partial charge in [0.2, 0.25) is 5.95 Å². The zero-order valence-corrected chi connectivity index (χ0v) is 22.0. The maximum Gasteiger partial charge on any atom is 0.356 e. The second kappa shape index (κ2) is 13.1. The van der Waals surface area contributed by atoms with Gasteiger partial charge in [-0.1, -0.05) is 45.9 Å². The van der Waals surface area contributed by atoms with Crippen molar-refractivity contribution in [2.24, 2.45) is 0 Å². The molecule has 3 N–H and O–H groups in total. The third kappa shape index (κ3) is 8.41. The molecule has 2 heterocycles. The molecule has 3 aromatic rings. The van der Waals surface area contributed by atoms with E-state index < -0.39 is 13.2 Å². The van der Waals surface area contributed by atoms with Crippen molar-refractivity contribution >= 4 is 57.5 Å². The highest BCUT2D eigenvalue weighted by molar-refractivity contribution is 9.10. The molecular formula is C21H25BrN5O6PS. The van der Waals surface area contributed by atoms with Crippen molar-refractivity contribution in [3.05, 3.63) is 63.6 Å². The fourth-order valence-electron chi connectivity index (χ4n) is 2.89. The fraction of sp³-hybridized carbons (Fsp3) is 0.333. The van der Waals surface area contributed by atoms with Gasteiger partial charge in [-0.2, -0.15) is 4.98 Å². The quantitative estimate of drug-likeness (QED) is 0.163. The number of nitrogens with zero attached hydrogens (tertiary/aromatic N) is 3. The van der Waals surface area contributed by atoms with Crippen LogP contribution in [-0.4, -0.2) is 49.9 Å². The number of aromatic nitrogens is 4. The minimum Gasteiger partial charge on any atom is -0.369 e. The van der Waals surface area contributed by atoms with Gasteiger partial charge in [-0.25, -0.2) is 4.98 Å². The smallest absolute Gasteiger partial charge is 0.356 e. The van der Waals surface area contributed by atoms with Crippen LogP contribution in [0.5, 0.6) is 0 Å². The summed E-state index contributed by atoms with van der Waals surface area (Å²) in [7, 11) is -3.64. The van der Waals surface area contributed by atoms with E-state index in [2.05, 4.69) is 37.5 Å². The highest BCUT2D eigenvalue weighted by Crippen LogP contribution is 2.49. The Labute approximate surface area is 214 Å². The molecule has 0 aliphatic rings. The zero-order chi connectivity index (χ0) is 25.3. The molecule has 2 aromatic heterocycles. The lowest BCUT2D eigenvalue weighted by molar-refractivity contribution is -0.110. The molecule has 35 heavy (non-hydrogen) atoms. The molecule has 0 bridgehead atoms. The molecule has 1 aromatic carbocycles. The molecule has 1 unspecified atom stereocenters. The van der Waals surface area contributed by atoms with Crippen LogP contribution in [0.25, 0.3) is 11.2 Å². The normalized spacial score (nSPS) is 13.1. The van der Waals surface area contributed by atoms with Crippen LogP contribution in [0.1, 0.15) is 12.0 Å². The van der Waals surface area contributed by atoms with Gasteiger partial charge in [-0.15, -0.1) is 6.58 Å². The Morgan fingerprint density at radius 2 is 2.17 bits per heavy atom. The van der Waals surface area contributed by atoms with Gasteiger partial charge < -0.3 is 24.1 Å². The second-order valence-electron chi connectivity index (χ2n) is 7.16. The number of allylic oxidation sites excluding steroid dienone is 1. The van der Waals surface area contributed by atoms with E-state index in [0.717, 1.165) is 21.8 Å². The Morgan fingerprint density at radius 1 is 1.34 bits per heavy atom. The van der Waals surface area contributed by atoms with Gasteiger partial charge in [0, 0.05) is 23.2 Å². The summed E-state index contributed by atoms with van der Waals surface area (Å²) in [6.07, 6.45) is 2.93. The summed E-state index contributed by atoms with van der Waals surface area (Å²) in [6.45, 7) is 4.04. The number of hydrogen-bond acceptors (Lipinski definition) is 10. The summed E-state index contributed by atoms with van der Waals surface area (Å²) < 4.78 is 32.6. The first-order valence-electron chi connectivity index (χ1n) is 10.5. The largest absolute Gasteiger partial charge is 0.369 e. The number of ether oxygens (including phenoxy) is 1. The third-order valence-corrected chi connectivity index (χ3v) is 7.43. The molecule has 0 fully saturated rings. The predicted molar refractivity (Wildman–Crippen MR) is 138 cm³/mol. The van der Waals surface area contributed by atoms with Crippen LogP contribution < -0.4 is 11.3 Å². The second-order valence-corrected chi connectivity index (χ2v) is 11.2. The topological polar surface area (TPSA) is 151 Å². The Bertz CT molecular complexity index is 1280. The standard InChI is InChI=1S/C21H25BrN5O6PS/c1-2-4-17(28)35-10-9-32-34(30,33-12-15-5-3-6-16(22)11-15)14-31-8-7-27-13-24-18-19(27)25-21(23)26-20(18)29/h2-3,5-6,11,13H,1,4,7-10,12,14H2,(H3,23,25,26,29). The van der Waals surface area contributed by atoms with Crippen molar-refractivity contribution in [1.82, 2.24) is 19.5 Å². The summed E-state index contributed by atoms with van der Waals surface area (Å²) in [5.74, 6) is 0.299. The van der Waals surface area contributed by atoms with Crippen molar-refractivity contribution in [2.45, 2.75) is 19.6 Å². The van der Waals surface area contributed by atoms with Crippen LogP contribution >= 0.6 is 35.3 Å². The minimum atomic E-state index is -3.64. The van der Waals surface area contributed by atoms with Gasteiger partial charge >= 0.3 is 7.60 Å². The number of H-pyrrole nitrogens is 1. The lowest BCUT2D eigenvalue weighted by Crippen LogP contribution is -2.13. The number of nitrogens with one attached hydrogen (secondary N) is 1. The number of aromatic amines is 1. The molecule has 0 saturated heterocycles. The first-order chi connectivity index (χ1) is 16.8. The van der Waals surface area contributed by atoms with Gasteiger partial charge in [-0.05, 0) is 17.7 Å². The Balaban J connectivity index is 1.57. The van der Waals surface area contributed by atoms with Crippen LogP contribution in [0.15, 0.2) is 52.5 Å². The van der Waals surface area contributed by atoms with E-state index >= 15 is 0 Å². The van der Waals surface area contributed by atoms with Crippen LogP contribution in [0.3, 0.4) is 0 Å². The van der Waals surface area contributed by atoms with Crippen molar-refractivity contribution in [3.63, 3.8) is 0 Å². The molecule has 0 amide bonds. The summed E-state index contributed by atoms with van der Waals surface area (Å²) in [4.78, 5) is 34.1. The predicted octanol–water partition coefficient (Wildman–Crippen LogP) is 3.70. The van der Waals surface area contributed by atoms with Crippen molar-refractivity contribution in [2.75, 3.05) is 31.0 Å². The average Bonchev–Trinajstić information content (AvgIpc) is 3.22. The summed E-state index contributed by atoms with van der Waals surface area (Å²) in [5.41, 5.74) is 6.46. The molecule has 3 rings (SSSR count). The number of carbonyl (C=O) groups excluding carboxylic acids is 1. The molecular weight excluding hydrogens is 561 g/mol. The SMILES string of the molecule is C=CCC(=O)SCCOP(=O)(COCCn1cnc2c(=O)[nH]c(N)nc21)OCc1cccc(Br)c1. The number of rotatable bonds is 14. The first-order valence-corrected chi connectivity index (χ1v) is 14.0.